The van der Waals surface area contributed by atoms with Gasteiger partial charge in [-0.25, -0.2) is 0 Å². The molecule has 3 unspecified atom stereocenters. The van der Waals surface area contributed by atoms with Gasteiger partial charge in [0.1, 0.15) is 0 Å². The number of hydrogen-bond acceptors (Lipinski definition) is 7. The summed E-state index contributed by atoms with van der Waals surface area (Å²) in [6, 6.07) is 0. The zero-order chi connectivity index (χ0) is 21.1. The molecule has 1 heterocycles. The maximum Gasteiger partial charge on any atom is 0.470 e. The zero-order valence-corrected chi connectivity index (χ0v) is 25.8. The van der Waals surface area contributed by atoms with Crippen molar-refractivity contribution in [3.8, 4) is 0 Å². The second kappa shape index (κ2) is 9.25. The molecule has 1 fully saturated rings. The summed E-state index contributed by atoms with van der Waals surface area (Å²) in [6.07, 6.45) is 0. The average Bonchev–Trinajstić information content (AvgIpc) is 2.41. The molecule has 0 aromatic carbocycles. The fraction of sp³-hybridized carbons (Fsp3) is 0.692. The van der Waals surface area contributed by atoms with E-state index in [0.717, 1.165) is 0 Å². The van der Waals surface area contributed by atoms with Crippen LogP contribution < -0.4 is 0 Å². The predicted octanol–water partition coefficient (Wildman–Crippen LogP) is 2.67. The van der Waals surface area contributed by atoms with E-state index in [9.17, 15) is 0 Å². The topological polar surface area (TPSA) is 64.6 Å². The van der Waals surface area contributed by atoms with E-state index in [1.165, 1.54) is 0 Å². The molecule has 1 aliphatic heterocycles. The Morgan fingerprint density at radius 1 is 0.963 bits per heavy atom. The van der Waals surface area contributed by atoms with Gasteiger partial charge in [-0.05, 0) is 52.4 Å². The lowest BCUT2D eigenvalue weighted by Gasteiger charge is -2.45. The van der Waals surface area contributed by atoms with E-state index in [1.54, 1.807) is 5.70 Å². The van der Waals surface area contributed by atoms with E-state index in [-0.39, 0.29) is 0 Å². The van der Waals surface area contributed by atoms with Gasteiger partial charge in [0.2, 0.25) is 0 Å². The van der Waals surface area contributed by atoms with E-state index >= 15 is 0 Å². The molecule has 0 aromatic rings. The molecular weight excluding hydrogens is 465 g/mol. The third-order valence-electron chi connectivity index (χ3n) is 3.51. The third-order valence-corrected chi connectivity index (χ3v) is 26.4. The lowest BCUT2D eigenvalue weighted by Crippen LogP contribution is -2.65. The number of rotatable bonds is 8. The van der Waals surface area contributed by atoms with Crippen molar-refractivity contribution in [3.05, 3.63) is 24.6 Å². The molecule has 1 saturated heterocycles. The normalized spacial score (nSPS) is 32.9. The van der Waals surface area contributed by atoms with E-state index in [1.807, 2.05) is 31.9 Å². The van der Waals surface area contributed by atoms with Crippen LogP contribution in [0.25, 0.3) is 0 Å². The van der Waals surface area contributed by atoms with Crippen LogP contribution in [0.1, 0.15) is 0 Å². The largest absolute Gasteiger partial charge is 0.470 e. The second-order valence-corrected chi connectivity index (χ2v) is 31.1. The smallest absolute Gasteiger partial charge is 0.437 e. The van der Waals surface area contributed by atoms with Crippen molar-refractivity contribution >= 4 is 62.1 Å². The Balaban J connectivity index is 3.04. The molecule has 0 N–H and O–H groups in total. The first-order valence-corrected chi connectivity index (χ1v) is 25.4. The van der Waals surface area contributed by atoms with Crippen molar-refractivity contribution in [1.82, 2.24) is 0 Å². The van der Waals surface area contributed by atoms with Crippen LogP contribution in [-0.2, 0) is 28.8 Å². The summed E-state index contributed by atoms with van der Waals surface area (Å²) < 4.78 is 43.8. The van der Waals surface area contributed by atoms with Crippen LogP contribution in [0, 0.1) is 0 Å². The average molecular weight is 501 g/mol. The monoisotopic (exact) mass is 500 g/mol. The Kier molecular flexibility index (Phi) is 8.82. The quantitative estimate of drug-likeness (QED) is 0.475. The molecule has 1 rings (SSSR count). The molecule has 27 heavy (non-hydrogen) atoms. The van der Waals surface area contributed by atoms with Crippen LogP contribution in [-0.4, -0.2) is 62.1 Å². The van der Waals surface area contributed by atoms with E-state index < -0.39 is 62.1 Å². The van der Waals surface area contributed by atoms with Crippen LogP contribution in [0.5, 0.6) is 0 Å². The SMILES string of the molecule is C=C[Si](C)(C)O[SiH2]O[SiH]1O[Si](C)(C=C)O[Si](C)(C)O[Si](C)(O[Si](C)(C)C)O1. The van der Waals surface area contributed by atoms with Gasteiger partial charge in [-0.1, -0.05) is 11.4 Å². The Morgan fingerprint density at radius 3 is 2.04 bits per heavy atom. The maximum absolute atomic E-state index is 6.41. The van der Waals surface area contributed by atoms with E-state index in [0.29, 0.717) is 0 Å². The van der Waals surface area contributed by atoms with E-state index in [2.05, 4.69) is 45.9 Å². The molecule has 0 aliphatic carbocycles. The van der Waals surface area contributed by atoms with Crippen LogP contribution in [0.4, 0.5) is 0 Å². The molecule has 3 atom stereocenters. The second-order valence-electron chi connectivity index (χ2n) is 8.66. The van der Waals surface area contributed by atoms with Crippen LogP contribution in [0.2, 0.25) is 58.9 Å². The highest BCUT2D eigenvalue weighted by atomic mass is 28.5. The summed E-state index contributed by atoms with van der Waals surface area (Å²) in [5, 5.41) is 0. The molecule has 7 nitrogen and oxygen atoms in total. The van der Waals surface area contributed by atoms with Crippen LogP contribution in [0.3, 0.4) is 0 Å². The van der Waals surface area contributed by atoms with Crippen molar-refractivity contribution in [2.45, 2.75) is 58.9 Å². The summed E-state index contributed by atoms with van der Waals surface area (Å²) in [5.41, 5.74) is 3.65. The minimum absolute atomic E-state index is 1.28. The molecular formula is C13H36O7Si7. The highest BCUT2D eigenvalue weighted by molar-refractivity contribution is 6.92. The first-order chi connectivity index (χ1) is 12.0. The van der Waals surface area contributed by atoms with Crippen LogP contribution in [0.15, 0.2) is 24.6 Å². The van der Waals surface area contributed by atoms with Crippen molar-refractivity contribution in [2.24, 2.45) is 0 Å². The molecule has 0 radical (unpaired) electrons. The Hall–Kier alpha value is 0.718. The summed E-state index contributed by atoms with van der Waals surface area (Å²) >= 11 is 0. The fourth-order valence-electron chi connectivity index (χ4n) is 2.45. The van der Waals surface area contributed by atoms with Gasteiger partial charge in [0, 0.05) is 6.55 Å². The van der Waals surface area contributed by atoms with E-state index in [4.69, 9.17) is 28.8 Å². The van der Waals surface area contributed by atoms with Gasteiger partial charge >= 0.3 is 35.5 Å². The lowest BCUT2D eigenvalue weighted by molar-refractivity contribution is 0.160. The minimum atomic E-state index is -2.98. The summed E-state index contributed by atoms with van der Waals surface area (Å²) in [5.74, 6) is 0. The highest BCUT2D eigenvalue weighted by Crippen LogP contribution is 2.29. The summed E-state index contributed by atoms with van der Waals surface area (Å²) in [4.78, 5) is 0. The maximum atomic E-state index is 6.41. The van der Waals surface area contributed by atoms with Gasteiger partial charge in [0.05, 0.1) is 0 Å². The van der Waals surface area contributed by atoms with Crippen molar-refractivity contribution in [2.75, 3.05) is 0 Å². The van der Waals surface area contributed by atoms with Crippen molar-refractivity contribution < 1.29 is 28.8 Å². The molecule has 158 valence electrons. The molecule has 0 aromatic heterocycles. The highest BCUT2D eigenvalue weighted by Gasteiger charge is 2.53. The summed E-state index contributed by atoms with van der Waals surface area (Å²) in [7, 11) is -15.8. The van der Waals surface area contributed by atoms with Gasteiger partial charge in [0.25, 0.3) is 10.0 Å². The standard InChI is InChI=1S/C13H36O7Si7/c1-12-24(6,7)15-21-14-22-16-26(10,13-2)19-25(8,9)20-27(11,17-22)18-23(3,4)5/h12-13,22H,1-2,21H2,3-11H3. The molecule has 14 heteroatoms. The fourth-order valence-corrected chi connectivity index (χ4v) is 26.4. The van der Waals surface area contributed by atoms with Crippen molar-refractivity contribution in [3.63, 3.8) is 0 Å². The van der Waals surface area contributed by atoms with Gasteiger partial charge in [-0.15, -0.1) is 13.2 Å². The van der Waals surface area contributed by atoms with Crippen LogP contribution >= 0.6 is 0 Å². The summed E-state index contributed by atoms with van der Waals surface area (Å²) in [6.45, 7) is 26.1. The van der Waals surface area contributed by atoms with Gasteiger partial charge < -0.3 is 28.8 Å². The zero-order valence-electron chi connectivity index (χ0n) is 18.2. The first kappa shape index (κ1) is 25.8. The molecule has 1 aliphatic rings. The predicted molar refractivity (Wildman–Crippen MR) is 125 cm³/mol. The molecule has 0 amide bonds. The third kappa shape index (κ3) is 9.38. The Morgan fingerprint density at radius 2 is 1.56 bits per heavy atom. The van der Waals surface area contributed by atoms with Crippen molar-refractivity contribution in [1.29, 1.82) is 0 Å². The van der Waals surface area contributed by atoms with Gasteiger partial charge in [-0.3, -0.25) is 0 Å². The Bertz CT molecular complexity index is 542. The molecule has 0 saturated carbocycles. The first-order valence-electron chi connectivity index (χ1n) is 9.02. The lowest BCUT2D eigenvalue weighted by atomic mass is 11.3. The molecule has 0 bridgehead atoms. The minimum Gasteiger partial charge on any atom is -0.437 e. The Labute approximate surface area is 174 Å². The number of hydrogen-bond donors (Lipinski definition) is 0. The van der Waals surface area contributed by atoms with Gasteiger partial charge in [-0.2, -0.15) is 0 Å². The van der Waals surface area contributed by atoms with Gasteiger partial charge in [0.15, 0.2) is 16.6 Å². The molecule has 0 spiro atoms.